The van der Waals surface area contributed by atoms with E-state index in [1.165, 1.54) is 25.2 Å². The lowest BCUT2D eigenvalue weighted by atomic mass is 9.89. The van der Waals surface area contributed by atoms with Crippen molar-refractivity contribution < 1.29 is 19.1 Å². The number of carbonyl (C=O) groups is 2. The Morgan fingerprint density at radius 2 is 1.79 bits per heavy atom. The van der Waals surface area contributed by atoms with Crippen LogP contribution >= 0.6 is 23.2 Å². The Hall–Kier alpha value is -3.24. The van der Waals surface area contributed by atoms with Gasteiger partial charge in [0, 0.05) is 45.0 Å². The summed E-state index contributed by atoms with van der Waals surface area (Å²) in [4.78, 5) is 38.7. The average Bonchev–Trinajstić information content (AvgIpc) is 2.92. The molecule has 0 bridgehead atoms. The van der Waals surface area contributed by atoms with Crippen molar-refractivity contribution in [2.24, 2.45) is 0 Å². The number of nitrogens with zero attached hydrogens (tertiary/aromatic N) is 5. The van der Waals surface area contributed by atoms with E-state index < -0.39 is 0 Å². The lowest BCUT2D eigenvalue weighted by molar-refractivity contribution is -0.127. The van der Waals surface area contributed by atoms with E-state index in [1.807, 2.05) is 19.0 Å². The van der Waals surface area contributed by atoms with E-state index in [1.54, 1.807) is 24.2 Å². The Morgan fingerprint density at radius 3 is 2.34 bits per heavy atom. The summed E-state index contributed by atoms with van der Waals surface area (Å²) in [6, 6.07) is 1.55. The fourth-order valence-electron chi connectivity index (χ4n) is 4.66. The molecule has 38 heavy (non-hydrogen) atoms. The summed E-state index contributed by atoms with van der Waals surface area (Å²) in [6.07, 6.45) is 7.48. The molecule has 206 valence electrons. The number of nitrogens with one attached hydrogen (secondary N) is 1. The third-order valence-corrected chi connectivity index (χ3v) is 7.37. The lowest BCUT2D eigenvalue weighted by Crippen LogP contribution is -2.49. The number of hydrogen-bond donors (Lipinski definition) is 1. The molecular formula is C26H34Cl2N6O4. The van der Waals surface area contributed by atoms with Gasteiger partial charge in [-0.05, 0) is 18.9 Å². The van der Waals surface area contributed by atoms with Crippen molar-refractivity contribution >= 4 is 53.0 Å². The van der Waals surface area contributed by atoms with E-state index in [2.05, 4.69) is 16.9 Å². The van der Waals surface area contributed by atoms with Crippen LogP contribution in [0.3, 0.4) is 0 Å². The fraction of sp³-hybridized carbons (Fsp3) is 0.462. The highest BCUT2D eigenvalue weighted by atomic mass is 35.5. The van der Waals surface area contributed by atoms with Crippen LogP contribution in [0.25, 0.3) is 0 Å². The Bertz CT molecular complexity index is 1150. The van der Waals surface area contributed by atoms with Gasteiger partial charge in [-0.1, -0.05) is 42.6 Å². The maximum atomic E-state index is 12.2. The van der Waals surface area contributed by atoms with Crippen LogP contribution in [-0.4, -0.2) is 74.6 Å². The molecule has 1 aliphatic rings. The van der Waals surface area contributed by atoms with E-state index in [0.717, 1.165) is 25.7 Å². The average molecular weight is 566 g/mol. The minimum absolute atomic E-state index is 0.00165. The number of likely N-dealkylation sites (N-methyl/N-ethyl adjacent to an activating group) is 1. The Labute approximate surface area is 233 Å². The number of methoxy groups -OCH3 is 2. The highest BCUT2D eigenvalue weighted by Gasteiger charge is 2.31. The lowest BCUT2D eigenvalue weighted by Gasteiger charge is -2.38. The molecule has 1 aromatic heterocycles. The van der Waals surface area contributed by atoms with Gasteiger partial charge in [0.15, 0.2) is 0 Å². The van der Waals surface area contributed by atoms with Crippen molar-refractivity contribution in [1.82, 2.24) is 14.9 Å². The maximum absolute atomic E-state index is 12.2. The van der Waals surface area contributed by atoms with Gasteiger partial charge in [0.2, 0.25) is 18.3 Å². The second-order valence-corrected chi connectivity index (χ2v) is 9.94. The van der Waals surface area contributed by atoms with Gasteiger partial charge in [-0.2, -0.15) is 4.98 Å². The molecule has 1 saturated carbocycles. The van der Waals surface area contributed by atoms with Gasteiger partial charge in [0.25, 0.3) is 0 Å². The van der Waals surface area contributed by atoms with Crippen LogP contribution in [0.4, 0.5) is 17.5 Å². The van der Waals surface area contributed by atoms with Crippen molar-refractivity contribution in [3.8, 4) is 11.5 Å². The number of halogens is 2. The fourth-order valence-corrected chi connectivity index (χ4v) is 5.38. The number of hydrogen-bond acceptors (Lipinski definition) is 8. The molecule has 1 fully saturated rings. The van der Waals surface area contributed by atoms with Crippen LogP contribution in [0.1, 0.15) is 31.2 Å². The first-order valence-corrected chi connectivity index (χ1v) is 12.9. The molecule has 2 aromatic rings. The summed E-state index contributed by atoms with van der Waals surface area (Å²) in [5.41, 5.74) is 0.923. The molecule has 2 atom stereocenters. The van der Waals surface area contributed by atoms with E-state index >= 15 is 0 Å². The first-order valence-electron chi connectivity index (χ1n) is 12.2. The van der Waals surface area contributed by atoms with E-state index in [9.17, 15) is 9.59 Å². The Morgan fingerprint density at radius 1 is 1.16 bits per heavy atom. The number of benzene rings is 1. The van der Waals surface area contributed by atoms with E-state index in [4.69, 9.17) is 37.7 Å². The van der Waals surface area contributed by atoms with Gasteiger partial charge in [-0.15, -0.1) is 0 Å². The summed E-state index contributed by atoms with van der Waals surface area (Å²) in [5.74, 6) is 1.57. The molecule has 0 radical (unpaired) electrons. The van der Waals surface area contributed by atoms with Crippen LogP contribution < -0.4 is 24.6 Å². The van der Waals surface area contributed by atoms with Crippen LogP contribution in [0, 0.1) is 0 Å². The summed E-state index contributed by atoms with van der Waals surface area (Å²) in [5, 5.41) is 3.78. The number of anilines is 3. The number of ether oxygens (including phenoxy) is 2. The molecule has 0 aliphatic heterocycles. The zero-order valence-electron chi connectivity index (χ0n) is 22.3. The molecule has 1 aromatic carbocycles. The molecule has 1 N–H and O–H groups in total. The zero-order chi connectivity index (χ0) is 28.0. The SMILES string of the molecule is C=CC(=O)N(C)C1CCCCC1Nc1ncc(CN(C=O)c2c(Cl)c(OC)cc(OC)c2Cl)c(N(C)C)n1. The van der Waals surface area contributed by atoms with Gasteiger partial charge in [0.1, 0.15) is 27.4 Å². The van der Waals surface area contributed by atoms with Crippen molar-refractivity contribution in [1.29, 1.82) is 0 Å². The summed E-state index contributed by atoms with van der Waals surface area (Å²) in [7, 11) is 8.44. The third-order valence-electron chi connectivity index (χ3n) is 6.63. The number of carbonyl (C=O) groups excluding carboxylic acids is 2. The molecule has 2 unspecified atom stereocenters. The normalized spacial score (nSPS) is 16.8. The van der Waals surface area contributed by atoms with Gasteiger partial charge in [-0.25, -0.2) is 4.98 Å². The zero-order valence-corrected chi connectivity index (χ0v) is 23.8. The third kappa shape index (κ3) is 6.24. The number of rotatable bonds is 11. The quantitative estimate of drug-likeness (QED) is 0.316. The van der Waals surface area contributed by atoms with Crippen LogP contribution in [0.5, 0.6) is 11.5 Å². The van der Waals surface area contributed by atoms with E-state index in [-0.39, 0.29) is 40.3 Å². The molecule has 12 heteroatoms. The van der Waals surface area contributed by atoms with Gasteiger partial charge in [0.05, 0.1) is 32.5 Å². The van der Waals surface area contributed by atoms with Crippen molar-refractivity contribution in [3.63, 3.8) is 0 Å². The predicted octanol–water partition coefficient (Wildman–Crippen LogP) is 4.40. The first-order chi connectivity index (χ1) is 18.2. The Balaban J connectivity index is 1.92. The second kappa shape index (κ2) is 13.0. The highest BCUT2D eigenvalue weighted by Crippen LogP contribution is 2.46. The van der Waals surface area contributed by atoms with E-state index in [0.29, 0.717) is 35.2 Å². The summed E-state index contributed by atoms with van der Waals surface area (Å²) < 4.78 is 10.7. The maximum Gasteiger partial charge on any atom is 0.246 e. The van der Waals surface area contributed by atoms with Gasteiger partial charge in [-0.3, -0.25) is 9.59 Å². The molecular weight excluding hydrogens is 531 g/mol. The Kier molecular flexibility index (Phi) is 10.0. The minimum atomic E-state index is -0.116. The van der Waals surface area contributed by atoms with Crippen LogP contribution in [0.15, 0.2) is 24.9 Å². The molecule has 0 saturated heterocycles. The number of amides is 2. The second-order valence-electron chi connectivity index (χ2n) is 9.18. The smallest absolute Gasteiger partial charge is 0.246 e. The molecule has 10 nitrogen and oxygen atoms in total. The summed E-state index contributed by atoms with van der Waals surface area (Å²) in [6.45, 7) is 3.70. The van der Waals surface area contributed by atoms with Crippen LogP contribution in [0.2, 0.25) is 10.0 Å². The standard InChI is InChI=1S/C26H34Cl2N6O4/c1-7-21(36)33(4)18-11-9-8-10-17(18)30-26-29-13-16(25(31-26)32(2)3)14-34(15-35)24-22(27)19(37-5)12-20(38-6)23(24)28/h7,12-13,15,17-18H,1,8-11,14H2,2-6H3,(H,29,30,31). The van der Waals surface area contributed by atoms with Crippen molar-refractivity contribution in [2.45, 2.75) is 44.3 Å². The predicted molar refractivity (Wildman–Crippen MR) is 151 cm³/mol. The minimum Gasteiger partial charge on any atom is -0.495 e. The molecule has 1 heterocycles. The highest BCUT2D eigenvalue weighted by molar-refractivity contribution is 6.41. The molecule has 1 aliphatic carbocycles. The topological polar surface area (TPSA) is 100 Å². The largest absolute Gasteiger partial charge is 0.495 e. The first kappa shape index (κ1) is 29.3. The summed E-state index contributed by atoms with van der Waals surface area (Å²) >= 11 is 13.1. The van der Waals surface area contributed by atoms with Crippen LogP contribution in [-0.2, 0) is 16.1 Å². The van der Waals surface area contributed by atoms with Crippen molar-refractivity contribution in [3.05, 3.63) is 40.5 Å². The van der Waals surface area contributed by atoms with Gasteiger partial charge >= 0.3 is 0 Å². The molecule has 0 spiro atoms. The van der Waals surface area contributed by atoms with Crippen molar-refractivity contribution in [2.75, 3.05) is 50.5 Å². The number of aromatic nitrogens is 2. The van der Waals surface area contributed by atoms with Gasteiger partial charge < -0.3 is 29.5 Å². The molecule has 3 rings (SSSR count). The monoisotopic (exact) mass is 564 g/mol. The molecule has 2 amide bonds.